The summed E-state index contributed by atoms with van der Waals surface area (Å²) in [5.41, 5.74) is 7.80. The van der Waals surface area contributed by atoms with E-state index in [1.807, 2.05) is 24.3 Å². The normalized spacial score (nSPS) is 10.7. The number of rotatable bonds is 4. The number of anilines is 1. The van der Waals surface area contributed by atoms with Crippen molar-refractivity contribution >= 4 is 52.1 Å². The molecule has 3 N–H and O–H groups in total. The summed E-state index contributed by atoms with van der Waals surface area (Å²) in [6, 6.07) is 16.1. The molecule has 3 aromatic rings. The number of furan rings is 1. The largest absolute Gasteiger partial charge is 0.451 e. The summed E-state index contributed by atoms with van der Waals surface area (Å²) in [6.07, 6.45) is 0. The first-order chi connectivity index (χ1) is 13.8. The quantitative estimate of drug-likeness (QED) is 0.337. The van der Waals surface area contributed by atoms with Crippen molar-refractivity contribution in [3.05, 3.63) is 76.0 Å². The fourth-order valence-corrected chi connectivity index (χ4v) is 3.13. The van der Waals surface area contributed by atoms with Crippen LogP contribution in [0.5, 0.6) is 0 Å². The average molecular weight is 448 g/mol. The summed E-state index contributed by atoms with van der Waals surface area (Å²) in [5.74, 6) is 0.517. The third-order valence-electron chi connectivity index (χ3n) is 4.15. The number of carbonyl (C=O) groups excluding carboxylic acids is 1. The van der Waals surface area contributed by atoms with Gasteiger partial charge in [0.05, 0.1) is 5.02 Å². The Bertz CT molecular complexity index is 1030. The summed E-state index contributed by atoms with van der Waals surface area (Å²) < 4.78 is 5.59. The van der Waals surface area contributed by atoms with Crippen LogP contribution in [0.25, 0.3) is 11.3 Å². The predicted octanol–water partition coefficient (Wildman–Crippen LogP) is 6.01. The summed E-state index contributed by atoms with van der Waals surface area (Å²) in [4.78, 5) is 12.3. The van der Waals surface area contributed by atoms with E-state index in [-0.39, 0.29) is 10.9 Å². The van der Waals surface area contributed by atoms with Gasteiger partial charge in [0.25, 0.3) is 0 Å². The van der Waals surface area contributed by atoms with Gasteiger partial charge in [-0.3, -0.25) is 15.6 Å². The third-order valence-corrected chi connectivity index (χ3v) is 4.92. The highest BCUT2D eigenvalue weighted by Crippen LogP contribution is 2.31. The molecule has 0 radical (unpaired) electrons. The predicted molar refractivity (Wildman–Crippen MR) is 122 cm³/mol. The van der Waals surface area contributed by atoms with Gasteiger partial charge < -0.3 is 9.73 Å². The summed E-state index contributed by atoms with van der Waals surface area (Å²) in [7, 11) is 0. The smallest absolute Gasteiger partial charge is 0.305 e. The Morgan fingerprint density at radius 1 is 1.00 bits per heavy atom. The monoisotopic (exact) mass is 447 g/mol. The highest BCUT2D eigenvalue weighted by Gasteiger charge is 2.14. The molecule has 2 aromatic carbocycles. The van der Waals surface area contributed by atoms with Crippen molar-refractivity contribution in [3.63, 3.8) is 0 Å². The zero-order valence-corrected chi connectivity index (χ0v) is 18.1. The Balaban J connectivity index is 1.57. The van der Waals surface area contributed by atoms with E-state index in [4.69, 9.17) is 39.8 Å². The van der Waals surface area contributed by atoms with Crippen molar-refractivity contribution < 1.29 is 9.21 Å². The number of thiocarbonyl (C=S) groups is 1. The van der Waals surface area contributed by atoms with Crippen LogP contribution in [0.2, 0.25) is 10.0 Å². The van der Waals surface area contributed by atoms with E-state index in [2.05, 4.69) is 30.0 Å². The minimum atomic E-state index is -0.478. The van der Waals surface area contributed by atoms with E-state index in [0.717, 1.165) is 5.69 Å². The maximum atomic E-state index is 12.3. The van der Waals surface area contributed by atoms with Crippen LogP contribution in [0.15, 0.2) is 59.0 Å². The van der Waals surface area contributed by atoms with Crippen LogP contribution >= 0.6 is 35.4 Å². The summed E-state index contributed by atoms with van der Waals surface area (Å²) in [5, 5.41) is 4.25. The van der Waals surface area contributed by atoms with Crippen LogP contribution in [0.1, 0.15) is 35.9 Å². The Kier molecular flexibility index (Phi) is 6.79. The summed E-state index contributed by atoms with van der Waals surface area (Å²) >= 11 is 17.4. The van der Waals surface area contributed by atoms with Crippen molar-refractivity contribution in [3.8, 4) is 11.3 Å². The molecule has 29 heavy (non-hydrogen) atoms. The number of hydrogen-bond acceptors (Lipinski definition) is 3. The Morgan fingerprint density at radius 2 is 1.72 bits per heavy atom. The van der Waals surface area contributed by atoms with Crippen LogP contribution in [0.3, 0.4) is 0 Å². The van der Waals surface area contributed by atoms with Crippen LogP contribution in [-0.4, -0.2) is 11.0 Å². The standard InChI is InChI=1S/C21H19Cl2N3O2S/c1-12(2)13-3-6-15(7-4-13)24-21(29)26-25-20(27)19-10-9-18(28-19)16-11-14(22)5-8-17(16)23/h3-12H,1-2H3,(H,25,27)(H2,24,26,29). The molecule has 1 aromatic heterocycles. The SMILES string of the molecule is CC(C)c1ccc(NC(=S)NNC(=O)c2ccc(-c3cc(Cl)ccc3Cl)o2)cc1. The second kappa shape index (κ2) is 9.31. The minimum Gasteiger partial charge on any atom is -0.451 e. The minimum absolute atomic E-state index is 0.104. The van der Waals surface area contributed by atoms with E-state index in [9.17, 15) is 4.79 Å². The fraction of sp³-hybridized carbons (Fsp3) is 0.143. The molecule has 150 valence electrons. The van der Waals surface area contributed by atoms with Gasteiger partial charge in [0.15, 0.2) is 10.9 Å². The molecule has 0 spiro atoms. The summed E-state index contributed by atoms with van der Waals surface area (Å²) in [6.45, 7) is 4.26. The molecule has 5 nitrogen and oxygen atoms in total. The third kappa shape index (κ3) is 5.50. The Labute approximate surface area is 184 Å². The van der Waals surface area contributed by atoms with Gasteiger partial charge in [-0.2, -0.15) is 0 Å². The topological polar surface area (TPSA) is 66.3 Å². The lowest BCUT2D eigenvalue weighted by molar-refractivity contribution is 0.0917. The van der Waals surface area contributed by atoms with E-state index in [0.29, 0.717) is 27.3 Å². The number of carbonyl (C=O) groups is 1. The van der Waals surface area contributed by atoms with Crippen LogP contribution in [0.4, 0.5) is 5.69 Å². The van der Waals surface area contributed by atoms with Gasteiger partial charge in [0, 0.05) is 16.3 Å². The van der Waals surface area contributed by atoms with Crippen molar-refractivity contribution in [2.45, 2.75) is 19.8 Å². The molecule has 0 aliphatic rings. The molecule has 0 unspecified atom stereocenters. The molecule has 0 saturated heterocycles. The molecular formula is C21H19Cl2N3O2S. The van der Waals surface area contributed by atoms with E-state index in [1.165, 1.54) is 5.56 Å². The van der Waals surface area contributed by atoms with Crippen molar-refractivity contribution in [2.75, 3.05) is 5.32 Å². The second-order valence-corrected chi connectivity index (χ2v) is 7.85. The molecular weight excluding hydrogens is 429 g/mol. The molecule has 0 aliphatic heterocycles. The van der Waals surface area contributed by atoms with Crippen molar-refractivity contribution in [2.24, 2.45) is 0 Å². The first-order valence-electron chi connectivity index (χ1n) is 8.86. The lowest BCUT2D eigenvalue weighted by Crippen LogP contribution is -2.43. The van der Waals surface area contributed by atoms with E-state index >= 15 is 0 Å². The molecule has 0 aliphatic carbocycles. The molecule has 3 rings (SSSR count). The van der Waals surface area contributed by atoms with E-state index < -0.39 is 5.91 Å². The second-order valence-electron chi connectivity index (χ2n) is 6.60. The Hall–Kier alpha value is -2.54. The lowest BCUT2D eigenvalue weighted by atomic mass is 10.0. The highest BCUT2D eigenvalue weighted by atomic mass is 35.5. The van der Waals surface area contributed by atoms with E-state index in [1.54, 1.807) is 30.3 Å². The molecule has 8 heteroatoms. The highest BCUT2D eigenvalue weighted by molar-refractivity contribution is 7.80. The van der Waals surface area contributed by atoms with Gasteiger partial charge in [0.2, 0.25) is 0 Å². The first-order valence-corrected chi connectivity index (χ1v) is 10.0. The van der Waals surface area contributed by atoms with Crippen LogP contribution < -0.4 is 16.2 Å². The molecule has 1 heterocycles. The van der Waals surface area contributed by atoms with Crippen molar-refractivity contribution in [1.82, 2.24) is 10.9 Å². The molecule has 0 saturated carbocycles. The maximum absolute atomic E-state index is 12.3. The van der Waals surface area contributed by atoms with Gasteiger partial charge in [-0.1, -0.05) is 49.2 Å². The van der Waals surface area contributed by atoms with Crippen LogP contribution in [-0.2, 0) is 0 Å². The zero-order chi connectivity index (χ0) is 21.0. The Morgan fingerprint density at radius 3 is 2.41 bits per heavy atom. The molecule has 0 bridgehead atoms. The zero-order valence-electron chi connectivity index (χ0n) is 15.8. The molecule has 0 fully saturated rings. The van der Waals surface area contributed by atoms with Gasteiger partial charge in [-0.15, -0.1) is 0 Å². The van der Waals surface area contributed by atoms with Gasteiger partial charge in [-0.05, 0) is 66.2 Å². The van der Waals surface area contributed by atoms with Gasteiger partial charge >= 0.3 is 5.91 Å². The van der Waals surface area contributed by atoms with Crippen molar-refractivity contribution in [1.29, 1.82) is 0 Å². The maximum Gasteiger partial charge on any atom is 0.305 e. The first kappa shape index (κ1) is 21.2. The number of nitrogens with one attached hydrogen (secondary N) is 3. The van der Waals surface area contributed by atoms with Gasteiger partial charge in [0.1, 0.15) is 5.76 Å². The average Bonchev–Trinajstić information content (AvgIpc) is 3.18. The molecule has 0 atom stereocenters. The van der Waals surface area contributed by atoms with Gasteiger partial charge in [-0.25, -0.2) is 0 Å². The number of benzene rings is 2. The number of hydrogen-bond donors (Lipinski definition) is 3. The lowest BCUT2D eigenvalue weighted by Gasteiger charge is -2.12. The number of hydrazine groups is 1. The number of amides is 1. The number of halogens is 2. The fourth-order valence-electron chi connectivity index (χ4n) is 2.58. The molecule has 1 amide bonds. The van der Waals surface area contributed by atoms with Crippen LogP contribution in [0, 0.1) is 0 Å².